The molecule has 4 aliphatic carbocycles. The number of carbonyl (C=O) groups excluding carboxylic acids is 1. The zero-order valence-corrected chi connectivity index (χ0v) is 20.4. The fourth-order valence-corrected chi connectivity index (χ4v) is 7.55. The van der Waals surface area contributed by atoms with E-state index in [0.29, 0.717) is 19.1 Å². The first kappa shape index (κ1) is 22.8. The molecule has 4 fully saturated rings. The Hall–Kier alpha value is -1.37. The summed E-state index contributed by atoms with van der Waals surface area (Å²) in [6, 6.07) is 6.07. The Morgan fingerprint density at radius 2 is 1.77 bits per heavy atom. The van der Waals surface area contributed by atoms with Crippen molar-refractivity contribution in [2.24, 2.45) is 23.2 Å². The first-order chi connectivity index (χ1) is 14.5. The smallest absolute Gasteiger partial charge is 0.235 e. The maximum absolute atomic E-state index is 14.1. The molecule has 0 spiro atoms. The van der Waals surface area contributed by atoms with E-state index in [-0.39, 0.29) is 17.8 Å². The maximum Gasteiger partial charge on any atom is 0.235 e. The minimum atomic E-state index is -0.151. The summed E-state index contributed by atoms with van der Waals surface area (Å²) in [7, 11) is 4.14. The molecule has 1 heterocycles. The Balaban J connectivity index is 0.00000231. The average molecular weight is 464 g/mol. The molecule has 4 saturated carbocycles. The van der Waals surface area contributed by atoms with E-state index in [0.717, 1.165) is 64.7 Å². The number of likely N-dealkylation sites (N-methyl/N-ethyl adjacent to an activating group) is 1. The van der Waals surface area contributed by atoms with Crippen molar-refractivity contribution in [3.8, 4) is 5.75 Å². The molecule has 2 aromatic rings. The molecule has 0 N–H and O–H groups in total. The van der Waals surface area contributed by atoms with E-state index < -0.39 is 0 Å². The van der Waals surface area contributed by atoms with E-state index in [4.69, 9.17) is 9.72 Å². The van der Waals surface area contributed by atoms with Gasteiger partial charge in [-0.2, -0.15) is 0 Å². The van der Waals surface area contributed by atoms with Crippen LogP contribution in [0.15, 0.2) is 18.2 Å². The van der Waals surface area contributed by atoms with Crippen molar-refractivity contribution >= 4 is 45.0 Å². The van der Waals surface area contributed by atoms with E-state index in [1.165, 1.54) is 19.3 Å². The van der Waals surface area contributed by atoms with Crippen LogP contribution in [0.3, 0.4) is 0 Å². The van der Waals surface area contributed by atoms with Gasteiger partial charge in [0, 0.05) is 13.1 Å². The molecule has 0 saturated heterocycles. The molecule has 0 atom stereocenters. The van der Waals surface area contributed by atoms with E-state index in [1.807, 2.05) is 24.0 Å². The number of benzene rings is 1. The molecular weight excluding hydrogens is 430 g/mol. The van der Waals surface area contributed by atoms with Crippen molar-refractivity contribution in [3.05, 3.63) is 18.2 Å². The summed E-state index contributed by atoms with van der Waals surface area (Å²) in [5, 5.41) is 0.833. The van der Waals surface area contributed by atoms with Crippen LogP contribution in [0.2, 0.25) is 0 Å². The van der Waals surface area contributed by atoms with Crippen molar-refractivity contribution in [1.29, 1.82) is 0 Å². The minimum absolute atomic E-state index is 0. The molecule has 5 nitrogen and oxygen atoms in total. The highest BCUT2D eigenvalue weighted by molar-refractivity contribution is 7.22. The van der Waals surface area contributed by atoms with E-state index in [9.17, 15) is 4.79 Å². The third-order valence-corrected chi connectivity index (χ3v) is 8.45. The van der Waals surface area contributed by atoms with E-state index in [1.54, 1.807) is 11.3 Å². The van der Waals surface area contributed by atoms with Gasteiger partial charge in [-0.3, -0.25) is 9.69 Å². The fraction of sp³-hybridized carbons (Fsp3) is 0.667. The number of aromatic nitrogens is 1. The monoisotopic (exact) mass is 463 g/mol. The number of rotatable bonds is 7. The number of amides is 1. The number of nitrogens with zero attached hydrogens (tertiary/aromatic N) is 3. The van der Waals surface area contributed by atoms with Crippen molar-refractivity contribution in [1.82, 2.24) is 9.88 Å². The van der Waals surface area contributed by atoms with Gasteiger partial charge in [0.15, 0.2) is 5.13 Å². The first-order valence-corrected chi connectivity index (χ1v) is 12.3. The van der Waals surface area contributed by atoms with E-state index in [2.05, 4.69) is 25.1 Å². The molecule has 1 amide bonds. The Labute approximate surface area is 195 Å². The van der Waals surface area contributed by atoms with E-state index >= 15 is 0 Å². The Morgan fingerprint density at radius 1 is 1.13 bits per heavy atom. The van der Waals surface area contributed by atoms with Gasteiger partial charge in [-0.25, -0.2) is 4.98 Å². The topological polar surface area (TPSA) is 45.7 Å². The highest BCUT2D eigenvalue weighted by atomic mass is 35.5. The largest absolute Gasteiger partial charge is 0.492 e. The highest BCUT2D eigenvalue weighted by Crippen LogP contribution is 2.60. The second kappa shape index (κ2) is 8.87. The Morgan fingerprint density at radius 3 is 2.35 bits per heavy atom. The van der Waals surface area contributed by atoms with Crippen LogP contribution in [-0.4, -0.2) is 49.6 Å². The predicted octanol–water partition coefficient (Wildman–Crippen LogP) is 5.23. The summed E-state index contributed by atoms with van der Waals surface area (Å²) in [4.78, 5) is 23.3. The van der Waals surface area contributed by atoms with Gasteiger partial charge in [-0.05, 0) is 89.4 Å². The van der Waals surface area contributed by atoms with Crippen molar-refractivity contribution in [2.45, 2.75) is 45.4 Å². The number of hydrogen-bond acceptors (Lipinski definition) is 5. The molecule has 7 heteroatoms. The van der Waals surface area contributed by atoms with Crippen LogP contribution < -0.4 is 9.64 Å². The second-order valence-corrected chi connectivity index (χ2v) is 11.0. The molecule has 1 aromatic heterocycles. The van der Waals surface area contributed by atoms with Gasteiger partial charge in [0.25, 0.3) is 0 Å². The molecule has 1 aromatic carbocycles. The van der Waals surface area contributed by atoms with Crippen LogP contribution in [0.25, 0.3) is 10.2 Å². The van der Waals surface area contributed by atoms with Crippen LogP contribution >= 0.6 is 23.7 Å². The van der Waals surface area contributed by atoms with Crippen LogP contribution in [0.5, 0.6) is 5.75 Å². The normalized spacial score (nSPS) is 28.7. The van der Waals surface area contributed by atoms with Crippen LogP contribution in [0.4, 0.5) is 5.13 Å². The van der Waals surface area contributed by atoms with Gasteiger partial charge in [-0.1, -0.05) is 17.4 Å². The minimum Gasteiger partial charge on any atom is -0.492 e. The standard InChI is InChI=1S/C24H33N3O2S.ClH/c1-4-29-19-6-5-7-20-21(19)25-23(30-20)27(9-8-26(2)3)22(28)24-13-16-10-17(14-24)12-18(11-16)15-24;/h5-7,16-18H,4,8-15H2,1-3H3;1H. The SMILES string of the molecule is CCOc1cccc2sc(N(CCN(C)C)C(=O)C34CC5CC(CC(C5)C3)C4)nc12.Cl. The lowest BCUT2D eigenvalue weighted by Crippen LogP contribution is -2.55. The predicted molar refractivity (Wildman–Crippen MR) is 130 cm³/mol. The van der Waals surface area contributed by atoms with Crippen molar-refractivity contribution < 1.29 is 9.53 Å². The van der Waals surface area contributed by atoms with Gasteiger partial charge in [0.1, 0.15) is 11.3 Å². The zero-order valence-electron chi connectivity index (χ0n) is 18.8. The lowest BCUT2D eigenvalue weighted by Gasteiger charge is -2.56. The summed E-state index contributed by atoms with van der Waals surface area (Å²) < 4.78 is 6.89. The van der Waals surface area contributed by atoms with Gasteiger partial charge in [0.2, 0.25) is 5.91 Å². The molecule has 4 aliphatic rings. The molecule has 0 aliphatic heterocycles. The van der Waals surface area contributed by atoms with Crippen LogP contribution in [0.1, 0.15) is 45.4 Å². The molecule has 4 bridgehead atoms. The molecule has 0 radical (unpaired) electrons. The first-order valence-electron chi connectivity index (χ1n) is 11.5. The number of fused-ring (bicyclic) bond motifs is 1. The molecule has 31 heavy (non-hydrogen) atoms. The quantitative estimate of drug-likeness (QED) is 0.564. The fourth-order valence-electron chi connectivity index (χ4n) is 6.54. The number of hydrogen-bond donors (Lipinski definition) is 0. The molecule has 6 rings (SSSR count). The summed E-state index contributed by atoms with van der Waals surface area (Å²) in [6.07, 6.45) is 7.32. The summed E-state index contributed by atoms with van der Waals surface area (Å²) >= 11 is 1.62. The maximum atomic E-state index is 14.1. The molecule has 170 valence electrons. The zero-order chi connectivity index (χ0) is 20.9. The molecule has 0 unspecified atom stereocenters. The van der Waals surface area contributed by atoms with Crippen LogP contribution in [-0.2, 0) is 4.79 Å². The molecular formula is C24H34ClN3O2S. The number of halogens is 1. The number of ether oxygens (including phenoxy) is 1. The lowest BCUT2D eigenvalue weighted by molar-refractivity contribution is -0.143. The third-order valence-electron chi connectivity index (χ3n) is 7.41. The van der Waals surface area contributed by atoms with Gasteiger partial charge in [-0.15, -0.1) is 12.4 Å². The number of anilines is 1. The van der Waals surface area contributed by atoms with Gasteiger partial charge in [0.05, 0.1) is 16.7 Å². The number of para-hydroxylation sites is 1. The summed E-state index contributed by atoms with van der Waals surface area (Å²) in [6.45, 7) is 4.14. The second-order valence-electron chi connectivity index (χ2n) is 9.99. The average Bonchev–Trinajstić information content (AvgIpc) is 3.12. The highest BCUT2D eigenvalue weighted by Gasteiger charge is 2.56. The number of carbonyl (C=O) groups is 1. The summed E-state index contributed by atoms with van der Waals surface area (Å²) in [5.74, 6) is 3.43. The number of thiazole rings is 1. The van der Waals surface area contributed by atoms with Gasteiger partial charge >= 0.3 is 0 Å². The van der Waals surface area contributed by atoms with Crippen molar-refractivity contribution in [2.75, 3.05) is 38.7 Å². The lowest BCUT2D eigenvalue weighted by atomic mass is 9.49. The van der Waals surface area contributed by atoms with Gasteiger partial charge < -0.3 is 9.64 Å². The third kappa shape index (κ3) is 4.19. The Bertz CT molecular complexity index is 909. The summed E-state index contributed by atoms with van der Waals surface area (Å²) in [5.41, 5.74) is 0.731. The van der Waals surface area contributed by atoms with Crippen LogP contribution in [0, 0.1) is 23.2 Å². The Kier molecular flexibility index (Phi) is 6.53. The van der Waals surface area contributed by atoms with Crippen molar-refractivity contribution in [3.63, 3.8) is 0 Å².